The number of sulfonamides is 1. The standard InChI is InChI=1S/C36H44N6O5S/c1-48(46,47)40-31(23-26-12-5-2-6-13-26)36(45)41-20-11-18-32(41)34(43)38-24-27-19-21-42(37)30(22-27)25-39-35(44)33(28-14-7-3-8-15-28)29-16-9-4-10-17-29/h2-10,12-17,25,27,30-33,40H,11,18-24,37H2,1H3,(H,38,43)/b39-25+/t27?,30?,31-,32+/m1/s1. The molecule has 2 aliphatic heterocycles. The van der Waals surface area contributed by atoms with Gasteiger partial charge in [-0.1, -0.05) is 91.0 Å². The molecule has 0 saturated carbocycles. The van der Waals surface area contributed by atoms with Crippen LogP contribution in [0.25, 0.3) is 0 Å². The van der Waals surface area contributed by atoms with Crippen LogP contribution >= 0.6 is 0 Å². The number of amides is 3. The summed E-state index contributed by atoms with van der Waals surface area (Å²) < 4.78 is 26.8. The highest BCUT2D eigenvalue weighted by atomic mass is 32.2. The van der Waals surface area contributed by atoms with Crippen molar-refractivity contribution in [3.63, 3.8) is 0 Å². The van der Waals surface area contributed by atoms with Crippen LogP contribution in [0.1, 0.15) is 48.3 Å². The van der Waals surface area contributed by atoms with Crippen molar-refractivity contribution in [1.82, 2.24) is 19.9 Å². The minimum atomic E-state index is -3.68. The van der Waals surface area contributed by atoms with E-state index in [2.05, 4.69) is 15.0 Å². The van der Waals surface area contributed by atoms with E-state index in [0.29, 0.717) is 38.9 Å². The van der Waals surface area contributed by atoms with Gasteiger partial charge in [-0.05, 0) is 54.7 Å². The molecule has 3 aromatic rings. The van der Waals surface area contributed by atoms with Crippen LogP contribution in [0, 0.1) is 5.92 Å². The molecule has 254 valence electrons. The minimum Gasteiger partial charge on any atom is -0.354 e. The van der Waals surface area contributed by atoms with Gasteiger partial charge in [-0.3, -0.25) is 20.2 Å². The van der Waals surface area contributed by atoms with E-state index in [9.17, 15) is 22.8 Å². The van der Waals surface area contributed by atoms with Crippen LogP contribution in [0.3, 0.4) is 0 Å². The number of hydrazine groups is 1. The zero-order chi connectivity index (χ0) is 34.1. The van der Waals surface area contributed by atoms with Crippen LogP contribution in [0.5, 0.6) is 0 Å². The molecule has 0 aromatic heterocycles. The molecule has 2 fully saturated rings. The van der Waals surface area contributed by atoms with Crippen LogP contribution < -0.4 is 15.9 Å². The topological polar surface area (TPSA) is 154 Å². The summed E-state index contributed by atoms with van der Waals surface area (Å²) in [6, 6.07) is 26.3. The van der Waals surface area contributed by atoms with Crippen molar-refractivity contribution in [2.75, 3.05) is 25.9 Å². The molecule has 48 heavy (non-hydrogen) atoms. The fourth-order valence-electron chi connectivity index (χ4n) is 6.58. The van der Waals surface area contributed by atoms with E-state index < -0.39 is 33.9 Å². The Morgan fingerprint density at radius 2 is 1.52 bits per heavy atom. The first-order valence-corrected chi connectivity index (χ1v) is 18.3. The number of nitrogens with one attached hydrogen (secondary N) is 2. The average Bonchev–Trinajstić information content (AvgIpc) is 3.58. The van der Waals surface area contributed by atoms with Gasteiger partial charge in [0.2, 0.25) is 21.8 Å². The van der Waals surface area contributed by atoms with Crippen molar-refractivity contribution in [3.8, 4) is 0 Å². The zero-order valence-corrected chi connectivity index (χ0v) is 28.0. The third-order valence-electron chi connectivity index (χ3n) is 9.02. The van der Waals surface area contributed by atoms with Crippen LogP contribution in [0.15, 0.2) is 96.0 Å². The van der Waals surface area contributed by atoms with E-state index in [1.54, 1.807) is 11.2 Å². The zero-order valence-electron chi connectivity index (χ0n) is 27.1. The van der Waals surface area contributed by atoms with Crippen LogP contribution in [-0.2, 0) is 30.8 Å². The molecule has 0 radical (unpaired) electrons. The number of hydrogen-bond acceptors (Lipinski definition) is 7. The molecular formula is C36H44N6O5S. The quantitative estimate of drug-likeness (QED) is 0.198. The van der Waals surface area contributed by atoms with E-state index in [0.717, 1.165) is 29.4 Å². The van der Waals surface area contributed by atoms with Gasteiger partial charge in [0, 0.05) is 25.8 Å². The van der Waals surface area contributed by atoms with Crippen LogP contribution in [-0.4, -0.2) is 86.3 Å². The SMILES string of the molecule is CS(=O)(=O)N[C@H](Cc1ccccc1)C(=O)N1CCC[C@H]1C(=O)NCC1CCN(N)C(/C=N/C(=O)C(c2ccccc2)c2ccccc2)C1. The van der Waals surface area contributed by atoms with Crippen molar-refractivity contribution in [1.29, 1.82) is 0 Å². The number of nitrogens with zero attached hydrogens (tertiary/aromatic N) is 3. The molecule has 4 N–H and O–H groups in total. The molecule has 5 rings (SSSR count). The monoisotopic (exact) mass is 672 g/mol. The third kappa shape index (κ3) is 9.44. The Labute approximate surface area is 282 Å². The summed E-state index contributed by atoms with van der Waals surface area (Å²) in [6.45, 7) is 1.33. The molecule has 3 amide bonds. The highest BCUT2D eigenvalue weighted by molar-refractivity contribution is 7.88. The molecule has 0 spiro atoms. The fourth-order valence-corrected chi connectivity index (χ4v) is 7.28. The maximum absolute atomic E-state index is 13.6. The number of nitrogens with two attached hydrogens (primary N) is 1. The Bertz CT molecular complexity index is 1630. The number of piperidine rings is 1. The van der Waals surface area contributed by atoms with Crippen molar-refractivity contribution < 1.29 is 22.8 Å². The minimum absolute atomic E-state index is 0.0858. The highest BCUT2D eigenvalue weighted by Crippen LogP contribution is 2.27. The van der Waals surface area contributed by atoms with E-state index in [1.807, 2.05) is 91.0 Å². The van der Waals surface area contributed by atoms with Gasteiger partial charge in [-0.15, -0.1) is 0 Å². The lowest BCUT2D eigenvalue weighted by atomic mass is 9.90. The maximum Gasteiger partial charge on any atom is 0.257 e. The largest absolute Gasteiger partial charge is 0.354 e. The number of hydrogen-bond donors (Lipinski definition) is 3. The number of rotatable bonds is 12. The van der Waals surface area contributed by atoms with Gasteiger partial charge < -0.3 is 10.2 Å². The lowest BCUT2D eigenvalue weighted by Gasteiger charge is -2.35. The normalized spacial score (nSPS) is 21.0. The summed E-state index contributed by atoms with van der Waals surface area (Å²) in [6.07, 6.45) is 5.31. The number of aliphatic imine (C=N–C) groups is 1. The lowest BCUT2D eigenvalue weighted by Crippen LogP contribution is -2.55. The maximum atomic E-state index is 13.6. The van der Waals surface area contributed by atoms with Crippen molar-refractivity contribution in [2.45, 2.75) is 56.1 Å². The summed E-state index contributed by atoms with van der Waals surface area (Å²) in [5, 5.41) is 4.71. The van der Waals surface area contributed by atoms with Gasteiger partial charge in [0.1, 0.15) is 12.1 Å². The summed E-state index contributed by atoms with van der Waals surface area (Å²) in [5.74, 6) is 4.91. The molecule has 4 atom stereocenters. The molecule has 0 aliphatic carbocycles. The lowest BCUT2D eigenvalue weighted by molar-refractivity contribution is -0.139. The van der Waals surface area contributed by atoms with E-state index >= 15 is 0 Å². The second-order valence-corrected chi connectivity index (χ2v) is 14.4. The number of carbonyl (C=O) groups excluding carboxylic acids is 3. The number of benzene rings is 3. The first-order valence-electron chi connectivity index (χ1n) is 16.4. The smallest absolute Gasteiger partial charge is 0.257 e. The number of carbonyl (C=O) groups is 3. The Balaban J connectivity index is 1.20. The first-order chi connectivity index (χ1) is 23.1. The fraction of sp³-hybridized carbons (Fsp3) is 0.389. The highest BCUT2D eigenvalue weighted by Gasteiger charge is 2.38. The van der Waals surface area contributed by atoms with E-state index in [-0.39, 0.29) is 30.2 Å². The second kappa shape index (κ2) is 16.2. The van der Waals surface area contributed by atoms with Gasteiger partial charge >= 0.3 is 0 Å². The summed E-state index contributed by atoms with van der Waals surface area (Å²) >= 11 is 0. The van der Waals surface area contributed by atoms with E-state index in [1.165, 1.54) is 4.90 Å². The molecule has 2 heterocycles. The Morgan fingerprint density at radius 1 is 0.917 bits per heavy atom. The predicted octanol–water partition coefficient (Wildman–Crippen LogP) is 2.64. The summed E-state index contributed by atoms with van der Waals surface area (Å²) in [4.78, 5) is 46.4. The van der Waals surface area contributed by atoms with Gasteiger partial charge in [0.05, 0.1) is 18.2 Å². The Hall–Kier alpha value is -4.23. The Morgan fingerprint density at radius 3 is 2.12 bits per heavy atom. The summed E-state index contributed by atoms with van der Waals surface area (Å²) in [5.41, 5.74) is 2.53. The molecule has 2 aliphatic rings. The van der Waals surface area contributed by atoms with Crippen molar-refractivity contribution in [2.24, 2.45) is 16.8 Å². The van der Waals surface area contributed by atoms with Crippen LogP contribution in [0.4, 0.5) is 0 Å². The van der Waals surface area contributed by atoms with Gasteiger partial charge in [-0.25, -0.2) is 23.1 Å². The molecular weight excluding hydrogens is 629 g/mol. The third-order valence-corrected chi connectivity index (χ3v) is 9.74. The Kier molecular flexibility index (Phi) is 11.9. The van der Waals surface area contributed by atoms with E-state index in [4.69, 9.17) is 5.84 Å². The van der Waals surface area contributed by atoms with Gasteiger partial charge in [0.15, 0.2) is 0 Å². The van der Waals surface area contributed by atoms with Crippen molar-refractivity contribution in [3.05, 3.63) is 108 Å². The second-order valence-electron chi connectivity index (χ2n) is 12.6. The van der Waals surface area contributed by atoms with Crippen LogP contribution in [0.2, 0.25) is 0 Å². The molecule has 11 nitrogen and oxygen atoms in total. The van der Waals surface area contributed by atoms with Gasteiger partial charge in [0.25, 0.3) is 5.91 Å². The number of likely N-dealkylation sites (tertiary alicyclic amines) is 1. The first kappa shape index (κ1) is 35.1. The van der Waals surface area contributed by atoms with Gasteiger partial charge in [-0.2, -0.15) is 0 Å². The molecule has 2 unspecified atom stereocenters. The van der Waals surface area contributed by atoms with Crippen molar-refractivity contribution >= 4 is 34.0 Å². The molecule has 12 heteroatoms. The molecule has 3 aromatic carbocycles. The summed E-state index contributed by atoms with van der Waals surface area (Å²) in [7, 11) is -3.68. The predicted molar refractivity (Wildman–Crippen MR) is 185 cm³/mol. The molecule has 2 saturated heterocycles. The molecule has 0 bridgehead atoms. The average molecular weight is 673 g/mol.